The number of anilines is 2. The van der Waals surface area contributed by atoms with E-state index in [9.17, 15) is 4.79 Å². The molecule has 0 spiro atoms. The Labute approximate surface area is 95.0 Å². The first-order valence-corrected chi connectivity index (χ1v) is 4.64. The summed E-state index contributed by atoms with van der Waals surface area (Å²) in [5.74, 6) is -0.403. The van der Waals surface area contributed by atoms with Crippen LogP contribution in [0.2, 0.25) is 5.15 Å². The number of hydrogen-bond donors (Lipinski definition) is 3. The first kappa shape index (κ1) is 10.4. The molecule has 0 aliphatic carbocycles. The number of aromatic nitrogens is 4. The molecule has 0 unspecified atom stereocenters. The lowest BCUT2D eigenvalue weighted by Gasteiger charge is -2.01. The molecule has 0 atom stereocenters. The molecule has 0 saturated carbocycles. The number of carbonyl (C=O) groups excluding carboxylic acids is 1. The molecule has 0 aliphatic heterocycles. The quantitative estimate of drug-likeness (QED) is 0.667. The number of H-pyrrole nitrogens is 1. The molecule has 82 valence electrons. The lowest BCUT2D eigenvalue weighted by Crippen LogP contribution is -2.13. The lowest BCUT2D eigenvalue weighted by molar-refractivity contribution is 0.101. The van der Waals surface area contributed by atoms with E-state index in [1.54, 1.807) is 12.1 Å². The predicted molar refractivity (Wildman–Crippen MR) is 58.0 cm³/mol. The van der Waals surface area contributed by atoms with Gasteiger partial charge in [0.05, 0.1) is 11.9 Å². The maximum atomic E-state index is 11.6. The number of rotatable bonds is 2. The summed E-state index contributed by atoms with van der Waals surface area (Å²) in [5, 5.41) is 8.83. The van der Waals surface area contributed by atoms with Crippen molar-refractivity contribution in [3.05, 3.63) is 29.3 Å². The zero-order valence-electron chi connectivity index (χ0n) is 7.94. The fourth-order valence-electron chi connectivity index (χ4n) is 1.02. The number of pyridine rings is 1. The maximum Gasteiger partial charge on any atom is 0.293 e. The van der Waals surface area contributed by atoms with Gasteiger partial charge in [-0.25, -0.2) is 4.98 Å². The summed E-state index contributed by atoms with van der Waals surface area (Å²) >= 11 is 5.60. The van der Waals surface area contributed by atoms with Crippen molar-refractivity contribution in [1.29, 1.82) is 0 Å². The Hall–Kier alpha value is -2.15. The molecule has 2 heterocycles. The summed E-state index contributed by atoms with van der Waals surface area (Å²) in [6, 6.07) is 3.18. The summed E-state index contributed by atoms with van der Waals surface area (Å²) in [4.78, 5) is 19.0. The van der Waals surface area contributed by atoms with Gasteiger partial charge in [0.1, 0.15) is 5.15 Å². The van der Waals surface area contributed by atoms with E-state index in [1.165, 1.54) is 6.20 Å². The van der Waals surface area contributed by atoms with Crippen LogP contribution in [-0.2, 0) is 0 Å². The first-order valence-electron chi connectivity index (χ1n) is 4.26. The van der Waals surface area contributed by atoms with E-state index in [-0.39, 0.29) is 11.8 Å². The molecule has 0 saturated heterocycles. The Morgan fingerprint density at radius 1 is 1.50 bits per heavy atom. The smallest absolute Gasteiger partial charge is 0.293 e. The van der Waals surface area contributed by atoms with E-state index in [0.717, 1.165) is 0 Å². The van der Waals surface area contributed by atoms with E-state index in [1.807, 2.05) is 0 Å². The fraction of sp³-hybridized carbons (Fsp3) is 0. The zero-order chi connectivity index (χ0) is 11.5. The summed E-state index contributed by atoms with van der Waals surface area (Å²) < 4.78 is 0. The van der Waals surface area contributed by atoms with Crippen molar-refractivity contribution in [1.82, 2.24) is 20.2 Å². The Bertz CT molecular complexity index is 508. The molecule has 1 amide bonds. The second kappa shape index (κ2) is 4.15. The van der Waals surface area contributed by atoms with Crippen molar-refractivity contribution in [3.63, 3.8) is 0 Å². The normalized spacial score (nSPS) is 10.1. The largest absolute Gasteiger partial charge is 0.366 e. The highest BCUT2D eigenvalue weighted by Gasteiger charge is 2.10. The van der Waals surface area contributed by atoms with E-state index in [4.69, 9.17) is 17.3 Å². The molecular formula is C8H7ClN6O. The van der Waals surface area contributed by atoms with Crippen LogP contribution < -0.4 is 11.1 Å². The molecule has 0 bridgehead atoms. The van der Waals surface area contributed by atoms with E-state index < -0.39 is 5.91 Å². The molecule has 2 aromatic heterocycles. The van der Waals surface area contributed by atoms with Crippen LogP contribution in [0.5, 0.6) is 0 Å². The van der Waals surface area contributed by atoms with Crippen molar-refractivity contribution in [3.8, 4) is 0 Å². The second-order valence-corrected chi connectivity index (χ2v) is 3.25. The van der Waals surface area contributed by atoms with Gasteiger partial charge in [-0.05, 0) is 12.1 Å². The maximum absolute atomic E-state index is 11.6. The molecule has 2 aromatic rings. The molecular weight excluding hydrogens is 232 g/mol. The van der Waals surface area contributed by atoms with Crippen LogP contribution >= 0.6 is 11.6 Å². The van der Waals surface area contributed by atoms with Crippen molar-refractivity contribution in [2.45, 2.75) is 0 Å². The summed E-state index contributed by atoms with van der Waals surface area (Å²) in [6.07, 6.45) is 1.43. The third-order valence-corrected chi connectivity index (χ3v) is 1.93. The van der Waals surface area contributed by atoms with Gasteiger partial charge in [0.15, 0.2) is 0 Å². The van der Waals surface area contributed by atoms with E-state index in [0.29, 0.717) is 10.8 Å². The van der Waals surface area contributed by atoms with Crippen molar-refractivity contribution in [2.75, 3.05) is 11.1 Å². The van der Waals surface area contributed by atoms with Crippen LogP contribution in [0.3, 0.4) is 0 Å². The standard InChI is InChI=1S/C8H7ClN6O/c9-5-2-1-4(3-11-5)12-7(16)6-13-8(10)15-14-6/h1-3H,(H,12,16)(H3,10,13,14,15). The number of halogens is 1. The number of aromatic amines is 1. The van der Waals surface area contributed by atoms with Crippen molar-refractivity contribution in [2.24, 2.45) is 0 Å². The van der Waals surface area contributed by atoms with Gasteiger partial charge in [-0.1, -0.05) is 11.6 Å². The second-order valence-electron chi connectivity index (χ2n) is 2.87. The van der Waals surface area contributed by atoms with Gasteiger partial charge in [-0.15, -0.1) is 5.10 Å². The molecule has 0 radical (unpaired) electrons. The highest BCUT2D eigenvalue weighted by molar-refractivity contribution is 6.29. The molecule has 8 heteroatoms. The van der Waals surface area contributed by atoms with Crippen LogP contribution in [0.1, 0.15) is 10.6 Å². The topological polar surface area (TPSA) is 110 Å². The Kier molecular flexibility index (Phi) is 2.69. The fourth-order valence-corrected chi connectivity index (χ4v) is 1.13. The SMILES string of the molecule is Nc1n[nH]c(C(=O)Nc2ccc(Cl)nc2)n1. The van der Waals surface area contributed by atoms with Gasteiger partial charge in [0, 0.05) is 0 Å². The van der Waals surface area contributed by atoms with E-state index >= 15 is 0 Å². The van der Waals surface area contributed by atoms with Crippen LogP contribution in [0.25, 0.3) is 0 Å². The van der Waals surface area contributed by atoms with Gasteiger partial charge >= 0.3 is 0 Å². The number of nitrogen functional groups attached to an aromatic ring is 1. The Morgan fingerprint density at radius 2 is 2.31 bits per heavy atom. The molecule has 0 aliphatic rings. The Morgan fingerprint density at radius 3 is 2.88 bits per heavy atom. The van der Waals surface area contributed by atoms with E-state index in [2.05, 4.69) is 25.5 Å². The molecule has 2 rings (SSSR count). The average Bonchev–Trinajstić information content (AvgIpc) is 2.68. The van der Waals surface area contributed by atoms with Gasteiger partial charge < -0.3 is 11.1 Å². The molecule has 7 nitrogen and oxygen atoms in total. The first-order chi connectivity index (χ1) is 7.65. The number of nitrogens with one attached hydrogen (secondary N) is 2. The minimum absolute atomic E-state index is 0.0133. The minimum atomic E-state index is -0.451. The summed E-state index contributed by atoms with van der Waals surface area (Å²) in [5.41, 5.74) is 5.77. The van der Waals surface area contributed by atoms with Gasteiger partial charge in [0.2, 0.25) is 11.8 Å². The number of amides is 1. The third kappa shape index (κ3) is 2.26. The third-order valence-electron chi connectivity index (χ3n) is 1.70. The minimum Gasteiger partial charge on any atom is -0.366 e. The summed E-state index contributed by atoms with van der Waals surface area (Å²) in [6.45, 7) is 0. The van der Waals surface area contributed by atoms with Crippen LogP contribution in [0.15, 0.2) is 18.3 Å². The van der Waals surface area contributed by atoms with Gasteiger partial charge in [-0.2, -0.15) is 4.98 Å². The van der Waals surface area contributed by atoms with Crippen LogP contribution in [0, 0.1) is 0 Å². The van der Waals surface area contributed by atoms with Crippen LogP contribution in [0.4, 0.5) is 11.6 Å². The number of nitrogens with two attached hydrogens (primary N) is 1. The molecule has 4 N–H and O–H groups in total. The number of carbonyl (C=O) groups is 1. The number of hydrogen-bond acceptors (Lipinski definition) is 5. The summed E-state index contributed by atoms with van der Waals surface area (Å²) in [7, 11) is 0. The van der Waals surface area contributed by atoms with Crippen LogP contribution in [-0.4, -0.2) is 26.1 Å². The van der Waals surface area contributed by atoms with Crippen molar-refractivity contribution >= 4 is 29.1 Å². The highest BCUT2D eigenvalue weighted by atomic mass is 35.5. The van der Waals surface area contributed by atoms with Crippen molar-refractivity contribution < 1.29 is 4.79 Å². The molecule has 16 heavy (non-hydrogen) atoms. The zero-order valence-corrected chi connectivity index (χ0v) is 8.69. The van der Waals surface area contributed by atoms with Gasteiger partial charge in [-0.3, -0.25) is 9.89 Å². The number of nitrogens with zero attached hydrogens (tertiary/aromatic N) is 3. The molecule has 0 aromatic carbocycles. The average molecular weight is 239 g/mol. The highest BCUT2D eigenvalue weighted by Crippen LogP contribution is 2.10. The van der Waals surface area contributed by atoms with Gasteiger partial charge in [0.25, 0.3) is 5.91 Å². The molecule has 0 fully saturated rings. The predicted octanol–water partition coefficient (Wildman–Crippen LogP) is 0.688. The monoisotopic (exact) mass is 238 g/mol. The lowest BCUT2D eigenvalue weighted by atomic mass is 10.4. The Balaban J connectivity index is 2.10.